The van der Waals surface area contributed by atoms with Gasteiger partial charge in [-0.25, -0.2) is 13.1 Å². The molecule has 7 heteroatoms. The Hall–Kier alpha value is -1.11. The number of hydrogen-bond donors (Lipinski definition) is 1. The van der Waals surface area contributed by atoms with E-state index in [4.69, 9.17) is 11.6 Å². The highest BCUT2D eigenvalue weighted by Gasteiger charge is 2.17. The molecule has 0 bridgehead atoms. The quantitative estimate of drug-likeness (QED) is 0.901. The Morgan fingerprint density at radius 2 is 1.95 bits per heavy atom. The van der Waals surface area contributed by atoms with Crippen LogP contribution in [0.3, 0.4) is 0 Å². The third kappa shape index (κ3) is 4.77. The molecule has 1 rings (SSSR count). The van der Waals surface area contributed by atoms with Crippen molar-refractivity contribution in [2.24, 2.45) is 0 Å². The number of amides is 1. The molecule has 0 aliphatic heterocycles. The van der Waals surface area contributed by atoms with Gasteiger partial charge in [-0.3, -0.25) is 4.79 Å². The van der Waals surface area contributed by atoms with Crippen molar-refractivity contribution in [1.82, 2.24) is 4.72 Å². The van der Waals surface area contributed by atoms with E-state index in [-0.39, 0.29) is 19.0 Å². The van der Waals surface area contributed by atoms with Crippen molar-refractivity contribution >= 4 is 33.2 Å². The van der Waals surface area contributed by atoms with Gasteiger partial charge in [0.15, 0.2) is 0 Å². The van der Waals surface area contributed by atoms with Crippen molar-refractivity contribution in [2.45, 2.75) is 20.8 Å². The minimum absolute atomic E-state index is 0.141. The molecule has 0 radical (unpaired) electrons. The van der Waals surface area contributed by atoms with Gasteiger partial charge in [-0.2, -0.15) is 0 Å². The maximum atomic E-state index is 11.8. The van der Waals surface area contributed by atoms with Gasteiger partial charge < -0.3 is 4.90 Å². The van der Waals surface area contributed by atoms with Crippen LogP contribution in [0.15, 0.2) is 12.1 Å². The second-order valence-electron chi connectivity index (χ2n) is 4.75. The van der Waals surface area contributed by atoms with E-state index in [2.05, 4.69) is 4.72 Å². The fourth-order valence-corrected chi connectivity index (χ4v) is 2.90. The fourth-order valence-electron chi connectivity index (χ4n) is 2.02. The Morgan fingerprint density at radius 3 is 2.40 bits per heavy atom. The van der Waals surface area contributed by atoms with Gasteiger partial charge in [-0.1, -0.05) is 17.7 Å². The molecule has 5 nitrogen and oxygen atoms in total. The maximum absolute atomic E-state index is 11.8. The van der Waals surface area contributed by atoms with Crippen LogP contribution in [0, 0.1) is 13.8 Å². The maximum Gasteiger partial charge on any atom is 0.223 e. The first-order valence-corrected chi connectivity index (χ1v) is 8.38. The summed E-state index contributed by atoms with van der Waals surface area (Å²) in [5, 5.41) is 0.483. The standard InChI is InChI=1S/C13H19ClN2O3S/c1-9-7-10(2)13(12(14)8-9)16(11(3)17)6-5-15-20(4,18)19/h7-8,15H,5-6H2,1-4H3. The molecule has 0 aromatic heterocycles. The third-order valence-electron chi connectivity index (χ3n) is 2.75. The van der Waals surface area contributed by atoms with Crippen LogP contribution in [0.2, 0.25) is 5.02 Å². The predicted molar refractivity (Wildman–Crippen MR) is 81.8 cm³/mol. The van der Waals surface area contributed by atoms with Gasteiger partial charge in [-0.15, -0.1) is 0 Å². The van der Waals surface area contributed by atoms with Crippen LogP contribution >= 0.6 is 11.6 Å². The molecule has 0 aliphatic carbocycles. The van der Waals surface area contributed by atoms with Crippen LogP contribution in [0.25, 0.3) is 0 Å². The van der Waals surface area contributed by atoms with Crippen molar-refractivity contribution in [3.8, 4) is 0 Å². The Balaban J connectivity index is 3.01. The van der Waals surface area contributed by atoms with E-state index in [1.54, 1.807) is 6.07 Å². The fraction of sp³-hybridized carbons (Fsp3) is 0.462. The largest absolute Gasteiger partial charge is 0.310 e. The summed E-state index contributed by atoms with van der Waals surface area (Å²) >= 11 is 6.21. The van der Waals surface area contributed by atoms with Gasteiger partial charge in [0.1, 0.15) is 0 Å². The molecule has 1 amide bonds. The number of sulfonamides is 1. The predicted octanol–water partition coefficient (Wildman–Crippen LogP) is 1.86. The highest BCUT2D eigenvalue weighted by atomic mass is 35.5. The van der Waals surface area contributed by atoms with Gasteiger partial charge >= 0.3 is 0 Å². The Kier molecular flexibility index (Phi) is 5.56. The minimum atomic E-state index is -3.28. The summed E-state index contributed by atoms with van der Waals surface area (Å²) < 4.78 is 24.5. The molecule has 1 aromatic carbocycles. The first-order chi connectivity index (χ1) is 9.11. The number of benzene rings is 1. The number of nitrogens with one attached hydrogen (secondary N) is 1. The number of carbonyl (C=O) groups is 1. The summed E-state index contributed by atoms with van der Waals surface area (Å²) in [4.78, 5) is 13.3. The van der Waals surface area contributed by atoms with Crippen molar-refractivity contribution in [3.63, 3.8) is 0 Å². The summed E-state index contributed by atoms with van der Waals surface area (Å²) in [6, 6.07) is 3.71. The first kappa shape index (κ1) is 16.9. The van der Waals surface area contributed by atoms with Crippen molar-refractivity contribution in [1.29, 1.82) is 0 Å². The van der Waals surface area contributed by atoms with E-state index >= 15 is 0 Å². The molecular formula is C13H19ClN2O3S. The minimum Gasteiger partial charge on any atom is -0.310 e. The zero-order chi connectivity index (χ0) is 15.5. The summed E-state index contributed by atoms with van der Waals surface area (Å²) in [6.07, 6.45) is 1.08. The lowest BCUT2D eigenvalue weighted by atomic mass is 10.1. The molecule has 0 saturated carbocycles. The molecule has 0 spiro atoms. The number of nitrogens with zero attached hydrogens (tertiary/aromatic N) is 1. The molecule has 0 aliphatic rings. The van der Waals surface area contributed by atoms with Crippen molar-refractivity contribution < 1.29 is 13.2 Å². The monoisotopic (exact) mass is 318 g/mol. The van der Waals surface area contributed by atoms with Crippen LogP contribution in [0.1, 0.15) is 18.1 Å². The van der Waals surface area contributed by atoms with Crippen LogP contribution in [0.4, 0.5) is 5.69 Å². The summed E-state index contributed by atoms with van der Waals surface area (Å²) in [5.41, 5.74) is 2.51. The van der Waals surface area contributed by atoms with Gasteiger partial charge in [0.25, 0.3) is 0 Å². The number of rotatable bonds is 5. The number of halogens is 1. The summed E-state index contributed by atoms with van der Waals surface area (Å²) in [7, 11) is -3.28. The molecule has 20 heavy (non-hydrogen) atoms. The lowest BCUT2D eigenvalue weighted by Crippen LogP contribution is -2.37. The van der Waals surface area contributed by atoms with Crippen LogP contribution in [0.5, 0.6) is 0 Å². The molecule has 0 saturated heterocycles. The Labute approximate surface area is 125 Å². The van der Waals surface area contributed by atoms with Gasteiger partial charge in [-0.05, 0) is 31.0 Å². The van der Waals surface area contributed by atoms with Crippen molar-refractivity contribution in [3.05, 3.63) is 28.3 Å². The highest BCUT2D eigenvalue weighted by Crippen LogP contribution is 2.31. The molecule has 112 valence electrons. The van der Waals surface area contributed by atoms with E-state index in [9.17, 15) is 13.2 Å². The van der Waals surface area contributed by atoms with Crippen LogP contribution in [-0.2, 0) is 14.8 Å². The van der Waals surface area contributed by atoms with Gasteiger partial charge in [0.2, 0.25) is 15.9 Å². The van der Waals surface area contributed by atoms with Crippen LogP contribution < -0.4 is 9.62 Å². The Morgan fingerprint density at radius 1 is 1.35 bits per heavy atom. The van der Waals surface area contributed by atoms with Gasteiger partial charge in [0.05, 0.1) is 17.0 Å². The lowest BCUT2D eigenvalue weighted by Gasteiger charge is -2.24. The van der Waals surface area contributed by atoms with E-state index in [1.807, 2.05) is 19.9 Å². The number of aryl methyl sites for hydroxylation is 2. The molecule has 0 unspecified atom stereocenters. The Bertz CT molecular complexity index is 591. The molecular weight excluding hydrogens is 300 g/mol. The molecule has 0 heterocycles. The molecule has 1 N–H and O–H groups in total. The molecule has 0 fully saturated rings. The number of hydrogen-bond acceptors (Lipinski definition) is 3. The second-order valence-corrected chi connectivity index (χ2v) is 6.99. The number of carbonyl (C=O) groups excluding carboxylic acids is 1. The normalized spacial score (nSPS) is 11.4. The van der Waals surface area contributed by atoms with Crippen LogP contribution in [-0.4, -0.2) is 33.7 Å². The SMILES string of the molecule is CC(=O)N(CCNS(C)(=O)=O)c1c(C)cc(C)cc1Cl. The van der Waals surface area contributed by atoms with E-state index in [1.165, 1.54) is 11.8 Å². The van der Waals surface area contributed by atoms with Crippen molar-refractivity contribution in [2.75, 3.05) is 24.2 Å². The van der Waals surface area contributed by atoms with E-state index in [0.29, 0.717) is 10.7 Å². The smallest absolute Gasteiger partial charge is 0.223 e. The lowest BCUT2D eigenvalue weighted by molar-refractivity contribution is -0.116. The third-order valence-corrected chi connectivity index (χ3v) is 3.76. The van der Waals surface area contributed by atoms with E-state index in [0.717, 1.165) is 17.4 Å². The second kappa shape index (κ2) is 6.56. The summed E-state index contributed by atoms with van der Waals surface area (Å²) in [5.74, 6) is -0.186. The molecule has 1 aromatic rings. The van der Waals surface area contributed by atoms with Gasteiger partial charge in [0, 0.05) is 20.0 Å². The topological polar surface area (TPSA) is 66.5 Å². The molecule has 0 atom stereocenters. The van der Waals surface area contributed by atoms with E-state index < -0.39 is 10.0 Å². The average Bonchev–Trinajstić information content (AvgIpc) is 2.23. The zero-order valence-corrected chi connectivity index (χ0v) is 13.6. The zero-order valence-electron chi connectivity index (χ0n) is 12.0. The first-order valence-electron chi connectivity index (χ1n) is 6.11. The highest BCUT2D eigenvalue weighted by molar-refractivity contribution is 7.88. The number of anilines is 1. The average molecular weight is 319 g/mol. The summed E-state index contributed by atoms with van der Waals surface area (Å²) in [6.45, 7) is 5.59.